The van der Waals surface area contributed by atoms with Gasteiger partial charge in [-0.15, -0.1) is 0 Å². The molecule has 0 spiro atoms. The fourth-order valence-corrected chi connectivity index (χ4v) is 6.59. The van der Waals surface area contributed by atoms with E-state index < -0.39 is 11.5 Å². The van der Waals surface area contributed by atoms with Crippen LogP contribution in [0.1, 0.15) is 73.0 Å². The molecule has 10 heteroatoms. The number of nitrogens with one attached hydrogen (secondary N) is 2. The highest BCUT2D eigenvalue weighted by molar-refractivity contribution is 6.05. The second-order valence-corrected chi connectivity index (χ2v) is 12.2. The summed E-state index contributed by atoms with van der Waals surface area (Å²) in [5.41, 5.74) is 2.62. The van der Waals surface area contributed by atoms with E-state index in [9.17, 15) is 14.4 Å². The van der Waals surface area contributed by atoms with Crippen molar-refractivity contribution in [2.75, 3.05) is 32.1 Å². The maximum absolute atomic E-state index is 13.8. The first-order valence-corrected chi connectivity index (χ1v) is 16.1. The summed E-state index contributed by atoms with van der Waals surface area (Å²) in [4.78, 5) is 45.8. The molecule has 1 atom stereocenters. The molecule has 4 aromatic rings. The molecule has 46 heavy (non-hydrogen) atoms. The van der Waals surface area contributed by atoms with Crippen LogP contribution in [0.25, 0.3) is 22.8 Å². The van der Waals surface area contributed by atoms with Crippen LogP contribution in [0.5, 0.6) is 0 Å². The molecule has 0 radical (unpaired) electrons. The Labute approximate surface area is 268 Å². The number of likely N-dealkylation sites (N-methyl/N-ethyl adjacent to an activating group) is 1. The number of hydrogen-bond donors (Lipinski definition) is 2. The van der Waals surface area contributed by atoms with Crippen molar-refractivity contribution >= 4 is 40.4 Å². The predicted octanol–water partition coefficient (Wildman–Crippen LogP) is 5.49. The number of hydrogen-bond acceptors (Lipinski definition) is 7. The Kier molecular flexibility index (Phi) is 9.25. The number of likely N-dealkylation sites (tertiary alicyclic amines) is 1. The summed E-state index contributed by atoms with van der Waals surface area (Å²) in [6.45, 7) is 3.12. The minimum absolute atomic E-state index is 0.278. The van der Waals surface area contributed by atoms with Gasteiger partial charge < -0.3 is 20.3 Å². The SMILES string of the molecule is CCOC(=O)/C=C/c1ccc(NC(=O)[C@@]2(NC(=O)c3ccc4c(C5CCCCC5)n(-c5ccccn5)nc4c3)CCN(C)C2)cc1. The Hall–Kier alpha value is -4.83. The molecule has 1 saturated carbocycles. The van der Waals surface area contributed by atoms with Crippen LogP contribution in [0.3, 0.4) is 0 Å². The molecule has 0 bridgehead atoms. The van der Waals surface area contributed by atoms with Gasteiger partial charge in [0, 0.05) is 47.9 Å². The first-order chi connectivity index (χ1) is 22.3. The standard InChI is InChI=1S/C36H40N6O4/c1-3-46-32(43)19-14-25-12-16-28(17-13-25)38-35(45)36(20-22-41(2)24-36)39-34(44)27-15-18-29-30(23-27)40-42(31-11-7-8-21-37-31)33(29)26-9-5-4-6-10-26/h7-8,11-19,21,23,26H,3-6,9-10,20,22,24H2,1-2H3,(H,38,45)(H,39,44)/b19-14+/t36-/m1/s1. The average Bonchev–Trinajstić information content (AvgIpc) is 3.66. The Bertz CT molecular complexity index is 1740. The van der Waals surface area contributed by atoms with Crippen molar-refractivity contribution in [2.45, 2.75) is 56.9 Å². The van der Waals surface area contributed by atoms with E-state index >= 15 is 0 Å². The number of fused-ring (bicyclic) bond motifs is 1. The summed E-state index contributed by atoms with van der Waals surface area (Å²) in [5.74, 6) is 0.133. The van der Waals surface area contributed by atoms with Crippen molar-refractivity contribution in [1.29, 1.82) is 0 Å². The van der Waals surface area contributed by atoms with Crippen molar-refractivity contribution < 1.29 is 19.1 Å². The highest BCUT2D eigenvalue weighted by Gasteiger charge is 2.45. The van der Waals surface area contributed by atoms with Gasteiger partial charge in [0.05, 0.1) is 17.8 Å². The van der Waals surface area contributed by atoms with Gasteiger partial charge in [-0.05, 0) is 81.3 Å². The van der Waals surface area contributed by atoms with Gasteiger partial charge in [-0.1, -0.05) is 43.5 Å². The van der Waals surface area contributed by atoms with Gasteiger partial charge in [0.15, 0.2) is 5.82 Å². The third kappa shape index (κ3) is 6.72. The highest BCUT2D eigenvalue weighted by atomic mass is 16.5. The minimum Gasteiger partial charge on any atom is -0.463 e. The second kappa shape index (κ2) is 13.7. The molecule has 10 nitrogen and oxygen atoms in total. The van der Waals surface area contributed by atoms with E-state index in [-0.39, 0.29) is 11.8 Å². The summed E-state index contributed by atoms with van der Waals surface area (Å²) in [6, 6.07) is 18.6. The summed E-state index contributed by atoms with van der Waals surface area (Å²) >= 11 is 0. The van der Waals surface area contributed by atoms with Crippen molar-refractivity contribution in [3.8, 4) is 5.82 Å². The predicted molar refractivity (Wildman–Crippen MR) is 178 cm³/mol. The molecule has 2 fully saturated rings. The summed E-state index contributed by atoms with van der Waals surface area (Å²) < 4.78 is 6.87. The zero-order valence-corrected chi connectivity index (χ0v) is 26.4. The molecule has 1 aliphatic carbocycles. The number of pyridine rings is 1. The molecule has 2 N–H and O–H groups in total. The van der Waals surface area contributed by atoms with Gasteiger partial charge in [-0.2, -0.15) is 5.10 Å². The molecule has 0 unspecified atom stereocenters. The third-order valence-electron chi connectivity index (χ3n) is 8.94. The van der Waals surface area contributed by atoms with Gasteiger partial charge in [0.1, 0.15) is 5.54 Å². The van der Waals surface area contributed by atoms with E-state index in [1.54, 1.807) is 43.5 Å². The first-order valence-electron chi connectivity index (χ1n) is 16.1. The maximum atomic E-state index is 13.8. The molecule has 6 rings (SSSR count). The lowest BCUT2D eigenvalue weighted by Gasteiger charge is -2.29. The number of anilines is 1. The van der Waals surface area contributed by atoms with Gasteiger partial charge in [0.25, 0.3) is 11.8 Å². The minimum atomic E-state index is -1.11. The Balaban J connectivity index is 1.23. The van der Waals surface area contributed by atoms with E-state index in [1.165, 1.54) is 25.3 Å². The largest absolute Gasteiger partial charge is 0.463 e. The number of benzene rings is 2. The molecule has 3 heterocycles. The fourth-order valence-electron chi connectivity index (χ4n) is 6.59. The van der Waals surface area contributed by atoms with E-state index in [1.807, 2.05) is 53.0 Å². The highest BCUT2D eigenvalue weighted by Crippen LogP contribution is 2.38. The number of amides is 2. The summed E-state index contributed by atoms with van der Waals surface area (Å²) in [5, 5.41) is 12.1. The van der Waals surface area contributed by atoms with E-state index in [0.29, 0.717) is 43.3 Å². The van der Waals surface area contributed by atoms with Gasteiger partial charge in [-0.3, -0.25) is 9.59 Å². The fraction of sp³-hybridized carbons (Fsp3) is 0.361. The topological polar surface area (TPSA) is 118 Å². The van der Waals surface area contributed by atoms with Crippen molar-refractivity contribution in [3.63, 3.8) is 0 Å². The zero-order valence-electron chi connectivity index (χ0n) is 26.4. The molecule has 1 aliphatic heterocycles. The van der Waals surface area contributed by atoms with Crippen LogP contribution in [0.4, 0.5) is 5.69 Å². The van der Waals surface area contributed by atoms with Crippen LogP contribution < -0.4 is 10.6 Å². The van der Waals surface area contributed by atoms with Crippen LogP contribution in [0, 0.1) is 0 Å². The molecule has 2 amide bonds. The lowest BCUT2D eigenvalue weighted by molar-refractivity contribution is -0.137. The number of nitrogens with zero attached hydrogens (tertiary/aromatic N) is 4. The van der Waals surface area contributed by atoms with Crippen molar-refractivity contribution in [2.24, 2.45) is 0 Å². The van der Waals surface area contributed by atoms with Gasteiger partial charge in [0.2, 0.25) is 0 Å². The van der Waals surface area contributed by atoms with Crippen LogP contribution in [0.2, 0.25) is 0 Å². The third-order valence-corrected chi connectivity index (χ3v) is 8.94. The zero-order chi connectivity index (χ0) is 32.1. The normalized spacial score (nSPS) is 19.0. The molecule has 2 aliphatic rings. The van der Waals surface area contributed by atoms with Crippen molar-refractivity contribution in [1.82, 2.24) is 25.0 Å². The Morgan fingerprint density at radius 3 is 2.54 bits per heavy atom. The maximum Gasteiger partial charge on any atom is 0.330 e. The van der Waals surface area contributed by atoms with Gasteiger partial charge in [-0.25, -0.2) is 14.5 Å². The number of carbonyl (C=O) groups is 3. The first kappa shape index (κ1) is 31.2. The molecule has 2 aromatic heterocycles. The molecular formula is C36H40N6O4. The molecule has 238 valence electrons. The number of aromatic nitrogens is 3. The second-order valence-electron chi connectivity index (χ2n) is 12.2. The average molecular weight is 621 g/mol. The van der Waals surface area contributed by atoms with E-state index in [4.69, 9.17) is 9.84 Å². The van der Waals surface area contributed by atoms with E-state index in [0.717, 1.165) is 40.8 Å². The summed E-state index contributed by atoms with van der Waals surface area (Å²) in [6.07, 6.45) is 11.1. The van der Waals surface area contributed by atoms with Crippen LogP contribution in [-0.2, 0) is 14.3 Å². The molecule has 2 aromatic carbocycles. The molecule has 1 saturated heterocycles. The number of carbonyl (C=O) groups excluding carboxylic acids is 3. The lowest BCUT2D eigenvalue weighted by Crippen LogP contribution is -2.58. The Morgan fingerprint density at radius 2 is 1.85 bits per heavy atom. The van der Waals surface area contributed by atoms with E-state index in [2.05, 4.69) is 15.6 Å². The number of esters is 1. The van der Waals surface area contributed by atoms with Crippen LogP contribution in [-0.4, -0.2) is 69.7 Å². The monoisotopic (exact) mass is 620 g/mol. The van der Waals surface area contributed by atoms with Gasteiger partial charge >= 0.3 is 5.97 Å². The van der Waals surface area contributed by atoms with Crippen molar-refractivity contribution in [3.05, 3.63) is 89.8 Å². The van der Waals surface area contributed by atoms with Crippen LogP contribution in [0.15, 0.2) is 72.9 Å². The smallest absolute Gasteiger partial charge is 0.330 e. The summed E-state index contributed by atoms with van der Waals surface area (Å²) in [7, 11) is 1.94. The quantitative estimate of drug-likeness (QED) is 0.188. The van der Waals surface area contributed by atoms with Crippen LogP contribution >= 0.6 is 0 Å². The number of ether oxygens (including phenoxy) is 1. The number of rotatable bonds is 9. The molecular weight excluding hydrogens is 580 g/mol. The lowest BCUT2D eigenvalue weighted by atomic mass is 9.85. The Morgan fingerprint density at radius 1 is 1.04 bits per heavy atom.